The smallest absolute Gasteiger partial charge is 0.310 e. The van der Waals surface area contributed by atoms with Crippen LogP contribution >= 0.6 is 22.9 Å². The molecule has 0 radical (unpaired) electrons. The van der Waals surface area contributed by atoms with Crippen molar-refractivity contribution < 1.29 is 14.6 Å². The van der Waals surface area contributed by atoms with Crippen LogP contribution in [0.25, 0.3) is 11.6 Å². The first-order valence-electron chi connectivity index (χ1n) is 8.88. The molecule has 1 N–H and O–H groups in total. The van der Waals surface area contributed by atoms with Crippen LogP contribution in [0.2, 0.25) is 5.02 Å². The van der Waals surface area contributed by atoms with Crippen LogP contribution in [0.15, 0.2) is 46.2 Å². The van der Waals surface area contributed by atoms with Gasteiger partial charge in [0, 0.05) is 27.9 Å². The van der Waals surface area contributed by atoms with Gasteiger partial charge < -0.3 is 14.6 Å². The summed E-state index contributed by atoms with van der Waals surface area (Å²) >= 11 is 7.31. The predicted molar refractivity (Wildman–Crippen MR) is 114 cm³/mol. The first kappa shape index (κ1) is 18.0. The molecule has 29 heavy (non-hydrogen) atoms. The molecule has 0 unspecified atom stereocenters. The Kier molecular flexibility index (Phi) is 4.22. The third-order valence-electron chi connectivity index (χ3n) is 4.91. The molecular formula is C21H15ClN2O4S. The summed E-state index contributed by atoms with van der Waals surface area (Å²) in [5.41, 5.74) is 4.27. The van der Waals surface area contributed by atoms with Gasteiger partial charge in [-0.25, -0.2) is 0 Å². The molecule has 8 heteroatoms. The molecule has 2 aliphatic rings. The molecule has 0 fully saturated rings. The van der Waals surface area contributed by atoms with Crippen molar-refractivity contribution in [3.05, 3.63) is 67.1 Å². The van der Waals surface area contributed by atoms with Crippen molar-refractivity contribution in [3.8, 4) is 17.4 Å². The highest BCUT2D eigenvalue weighted by molar-refractivity contribution is 7.10. The van der Waals surface area contributed by atoms with Crippen LogP contribution in [0, 0.1) is 0 Å². The van der Waals surface area contributed by atoms with Crippen LogP contribution in [-0.4, -0.2) is 22.2 Å². The van der Waals surface area contributed by atoms with E-state index in [1.54, 1.807) is 12.1 Å². The molecule has 2 aromatic carbocycles. The maximum Gasteiger partial charge on any atom is 0.310 e. The van der Waals surface area contributed by atoms with Gasteiger partial charge in [0.1, 0.15) is 0 Å². The molecule has 3 heterocycles. The van der Waals surface area contributed by atoms with E-state index in [1.807, 2.05) is 37.3 Å². The summed E-state index contributed by atoms with van der Waals surface area (Å²) in [4.78, 5) is 17.3. The zero-order chi connectivity index (χ0) is 20.1. The van der Waals surface area contributed by atoms with E-state index in [9.17, 15) is 9.90 Å². The van der Waals surface area contributed by atoms with Gasteiger partial charge in [0.15, 0.2) is 11.5 Å². The second-order valence-electron chi connectivity index (χ2n) is 6.71. The fraction of sp³-hybridized carbons (Fsp3) is 0.143. The van der Waals surface area contributed by atoms with Crippen molar-refractivity contribution in [1.82, 2.24) is 4.57 Å². The van der Waals surface area contributed by atoms with Crippen LogP contribution in [0.1, 0.15) is 22.9 Å². The van der Waals surface area contributed by atoms with Crippen molar-refractivity contribution in [2.45, 2.75) is 13.5 Å². The lowest BCUT2D eigenvalue weighted by Gasteiger charge is -2.08. The van der Waals surface area contributed by atoms with Crippen LogP contribution in [-0.2, 0) is 6.54 Å². The largest absolute Gasteiger partial charge is 0.493 e. The van der Waals surface area contributed by atoms with Gasteiger partial charge in [-0.2, -0.15) is 0 Å². The number of ether oxygens (including phenoxy) is 2. The Morgan fingerprint density at radius 3 is 2.86 bits per heavy atom. The minimum Gasteiger partial charge on any atom is -0.493 e. The molecule has 6 nitrogen and oxygen atoms in total. The van der Waals surface area contributed by atoms with Crippen molar-refractivity contribution in [1.29, 1.82) is 0 Å². The Morgan fingerprint density at radius 2 is 2.03 bits per heavy atom. The molecule has 1 aromatic heterocycles. The number of para-hydroxylation sites is 1. The Bertz CT molecular complexity index is 1270. The predicted octanol–water partition coefficient (Wildman–Crippen LogP) is 4.69. The lowest BCUT2D eigenvalue weighted by molar-refractivity contribution is 0.174. The molecule has 5 rings (SSSR count). The molecule has 0 amide bonds. The first-order chi connectivity index (χ1) is 14.0. The average Bonchev–Trinajstić information content (AvgIpc) is 3.35. The second-order valence-corrected chi connectivity index (χ2v) is 8.11. The average molecular weight is 427 g/mol. The highest BCUT2D eigenvalue weighted by Gasteiger charge is 2.22. The number of rotatable bonds is 3. The van der Waals surface area contributed by atoms with E-state index in [0.717, 1.165) is 33.9 Å². The number of aliphatic imine (C=N–C) groups is 1. The minimum atomic E-state index is -0.274. The van der Waals surface area contributed by atoms with Gasteiger partial charge in [-0.3, -0.25) is 14.4 Å². The minimum absolute atomic E-state index is 0.0987. The molecule has 0 saturated carbocycles. The molecule has 0 atom stereocenters. The standard InChI is InChI=1S/C21H15ClN2O4S/c1-11-14(13-4-2-3-5-16(13)23-11)7-19-20(25)24(21(26)29-19)9-12-6-17-18(8-15(12)22)28-10-27-17/h2-8,25H,9-10H2,1H3. The summed E-state index contributed by atoms with van der Waals surface area (Å²) in [6, 6.07) is 11.2. The van der Waals surface area contributed by atoms with E-state index in [4.69, 9.17) is 21.1 Å². The second kappa shape index (κ2) is 6.79. The maximum atomic E-state index is 12.6. The Hall–Kier alpha value is -3.03. The van der Waals surface area contributed by atoms with Gasteiger partial charge >= 0.3 is 4.87 Å². The van der Waals surface area contributed by atoms with E-state index < -0.39 is 0 Å². The van der Waals surface area contributed by atoms with E-state index >= 15 is 0 Å². The van der Waals surface area contributed by atoms with E-state index in [1.165, 1.54) is 4.57 Å². The molecule has 3 aromatic rings. The van der Waals surface area contributed by atoms with E-state index in [0.29, 0.717) is 27.0 Å². The van der Waals surface area contributed by atoms with Crippen molar-refractivity contribution in [3.63, 3.8) is 0 Å². The first-order valence-corrected chi connectivity index (χ1v) is 10.1. The van der Waals surface area contributed by atoms with Gasteiger partial charge in [0.05, 0.1) is 17.1 Å². The molecule has 146 valence electrons. The number of allylic oxidation sites excluding steroid dienone is 1. The highest BCUT2D eigenvalue weighted by atomic mass is 35.5. The topological polar surface area (TPSA) is 73.1 Å². The summed E-state index contributed by atoms with van der Waals surface area (Å²) in [7, 11) is 0. The van der Waals surface area contributed by atoms with Crippen LogP contribution in [0.4, 0.5) is 5.69 Å². The van der Waals surface area contributed by atoms with E-state index in [-0.39, 0.29) is 24.1 Å². The zero-order valence-corrected chi connectivity index (χ0v) is 16.9. The number of hydrogen-bond donors (Lipinski definition) is 1. The van der Waals surface area contributed by atoms with Crippen LogP contribution in [0.5, 0.6) is 17.4 Å². The highest BCUT2D eigenvalue weighted by Crippen LogP contribution is 2.39. The van der Waals surface area contributed by atoms with Crippen molar-refractivity contribution >= 4 is 46.0 Å². The quantitative estimate of drug-likeness (QED) is 0.659. The fourth-order valence-electron chi connectivity index (χ4n) is 3.45. The number of thiazole rings is 1. The third kappa shape index (κ3) is 3.03. The molecule has 0 saturated heterocycles. The Morgan fingerprint density at radius 1 is 1.28 bits per heavy atom. The fourth-order valence-corrected chi connectivity index (χ4v) is 4.49. The Labute approximate surface area is 174 Å². The van der Waals surface area contributed by atoms with Crippen molar-refractivity contribution in [2.24, 2.45) is 4.99 Å². The van der Waals surface area contributed by atoms with E-state index in [2.05, 4.69) is 4.99 Å². The summed E-state index contributed by atoms with van der Waals surface area (Å²) in [6.45, 7) is 2.18. The van der Waals surface area contributed by atoms with Gasteiger partial charge in [-0.1, -0.05) is 41.1 Å². The number of halogens is 1. The molecular weight excluding hydrogens is 412 g/mol. The number of hydrogen-bond acceptors (Lipinski definition) is 6. The summed E-state index contributed by atoms with van der Waals surface area (Å²) in [5, 5.41) is 11.2. The normalized spacial score (nSPS) is 15.7. The number of aromatic hydroxyl groups is 1. The molecule has 0 bridgehead atoms. The maximum absolute atomic E-state index is 12.6. The molecule has 2 aliphatic heterocycles. The number of nitrogens with zero attached hydrogens (tertiary/aromatic N) is 2. The zero-order valence-electron chi connectivity index (χ0n) is 15.3. The third-order valence-corrected chi connectivity index (χ3v) is 6.18. The lowest BCUT2D eigenvalue weighted by Crippen LogP contribution is -2.13. The SMILES string of the molecule is CC1=Nc2ccccc2C1=Cc1sc(=O)n(Cc2cc3c(cc2Cl)OCO3)c1O. The van der Waals surface area contributed by atoms with Crippen LogP contribution in [0.3, 0.4) is 0 Å². The Balaban J connectivity index is 1.53. The van der Waals surface area contributed by atoms with Crippen molar-refractivity contribution in [2.75, 3.05) is 6.79 Å². The number of aromatic nitrogens is 1. The van der Waals surface area contributed by atoms with Gasteiger partial charge in [-0.05, 0) is 30.7 Å². The summed E-state index contributed by atoms with van der Waals surface area (Å²) in [5.74, 6) is 1.04. The molecule has 0 aliphatic carbocycles. The summed E-state index contributed by atoms with van der Waals surface area (Å²) in [6.07, 6.45) is 1.81. The number of benzene rings is 2. The lowest BCUT2D eigenvalue weighted by atomic mass is 10.0. The number of fused-ring (bicyclic) bond motifs is 2. The van der Waals surface area contributed by atoms with Gasteiger partial charge in [0.25, 0.3) is 0 Å². The molecule has 0 spiro atoms. The van der Waals surface area contributed by atoms with Gasteiger partial charge in [0.2, 0.25) is 12.7 Å². The van der Waals surface area contributed by atoms with Crippen LogP contribution < -0.4 is 14.3 Å². The monoisotopic (exact) mass is 426 g/mol. The van der Waals surface area contributed by atoms with Gasteiger partial charge in [-0.15, -0.1) is 0 Å². The summed E-state index contributed by atoms with van der Waals surface area (Å²) < 4.78 is 12.0.